The number of aromatic nitrogens is 1. The number of ether oxygens (including phenoxy) is 2. The summed E-state index contributed by atoms with van der Waals surface area (Å²) in [7, 11) is 0. The fourth-order valence-electron chi connectivity index (χ4n) is 3.09. The summed E-state index contributed by atoms with van der Waals surface area (Å²) in [6, 6.07) is 13.8. The van der Waals surface area contributed by atoms with E-state index in [2.05, 4.69) is 4.98 Å². The van der Waals surface area contributed by atoms with Gasteiger partial charge in [0.2, 0.25) is 0 Å². The maximum atomic E-state index is 11.3. The van der Waals surface area contributed by atoms with Gasteiger partial charge in [-0.15, -0.1) is 11.3 Å². The van der Waals surface area contributed by atoms with Crippen molar-refractivity contribution in [3.8, 4) is 22.6 Å². The van der Waals surface area contributed by atoms with Crippen molar-refractivity contribution >= 4 is 17.3 Å². The Labute approximate surface area is 154 Å². The fraction of sp³-hybridized carbons (Fsp3) is 0.200. The Hall–Kier alpha value is -2.86. The van der Waals surface area contributed by atoms with Crippen LogP contribution < -0.4 is 9.47 Å². The van der Waals surface area contributed by atoms with Crippen molar-refractivity contribution in [2.24, 2.45) is 0 Å². The first-order chi connectivity index (χ1) is 12.7. The molecule has 0 radical (unpaired) electrons. The smallest absolute Gasteiger partial charge is 0.304 e. The summed E-state index contributed by atoms with van der Waals surface area (Å²) in [6.45, 7) is 1.10. The summed E-state index contributed by atoms with van der Waals surface area (Å²) in [5.41, 5.74) is 2.95. The van der Waals surface area contributed by atoms with Crippen LogP contribution in [-0.4, -0.2) is 29.3 Å². The molecule has 132 valence electrons. The molecular formula is C20H17NO4S. The highest BCUT2D eigenvalue weighted by Crippen LogP contribution is 2.36. The van der Waals surface area contributed by atoms with Crippen molar-refractivity contribution < 1.29 is 19.4 Å². The summed E-state index contributed by atoms with van der Waals surface area (Å²) in [5, 5.41) is 12.0. The van der Waals surface area contributed by atoms with Gasteiger partial charge in [0, 0.05) is 17.5 Å². The quantitative estimate of drug-likeness (QED) is 0.732. The highest BCUT2D eigenvalue weighted by molar-refractivity contribution is 7.09. The number of fused-ring (bicyclic) bond motifs is 1. The van der Waals surface area contributed by atoms with Gasteiger partial charge in [-0.3, -0.25) is 4.79 Å². The summed E-state index contributed by atoms with van der Waals surface area (Å²) in [4.78, 5) is 15.7. The molecule has 0 spiro atoms. The summed E-state index contributed by atoms with van der Waals surface area (Å²) in [6.07, 6.45) is 1.72. The molecule has 0 bridgehead atoms. The van der Waals surface area contributed by atoms with Crippen LogP contribution in [0.15, 0.2) is 54.0 Å². The molecule has 1 aromatic heterocycles. The average molecular weight is 367 g/mol. The van der Waals surface area contributed by atoms with Gasteiger partial charge in [0.25, 0.3) is 0 Å². The number of rotatable bonds is 5. The lowest BCUT2D eigenvalue weighted by Crippen LogP contribution is -2.15. The van der Waals surface area contributed by atoms with Crippen LogP contribution in [0.5, 0.6) is 11.5 Å². The molecule has 0 amide bonds. The lowest BCUT2D eigenvalue weighted by molar-refractivity contribution is -0.137. The highest BCUT2D eigenvalue weighted by Gasteiger charge is 2.21. The van der Waals surface area contributed by atoms with E-state index in [0.717, 1.165) is 33.2 Å². The van der Waals surface area contributed by atoms with Crippen LogP contribution in [-0.2, 0) is 4.79 Å². The van der Waals surface area contributed by atoms with Crippen LogP contribution in [0.3, 0.4) is 0 Å². The van der Waals surface area contributed by atoms with Gasteiger partial charge in [0.1, 0.15) is 18.2 Å². The number of benzene rings is 2. The number of thiazole rings is 1. The van der Waals surface area contributed by atoms with Crippen molar-refractivity contribution in [3.05, 3.63) is 64.6 Å². The molecule has 0 saturated carbocycles. The van der Waals surface area contributed by atoms with E-state index < -0.39 is 5.97 Å². The second-order valence-corrected chi connectivity index (χ2v) is 6.93. The third-order valence-corrected chi connectivity index (χ3v) is 5.18. The average Bonchev–Trinajstić information content (AvgIpc) is 3.20. The second-order valence-electron chi connectivity index (χ2n) is 6.00. The summed E-state index contributed by atoms with van der Waals surface area (Å²) in [5.74, 6) is 0.392. The van der Waals surface area contributed by atoms with Gasteiger partial charge in [0.05, 0.1) is 6.42 Å². The van der Waals surface area contributed by atoms with Crippen LogP contribution in [0, 0.1) is 0 Å². The van der Waals surface area contributed by atoms with Gasteiger partial charge >= 0.3 is 5.97 Å². The van der Waals surface area contributed by atoms with Gasteiger partial charge in [-0.25, -0.2) is 4.98 Å². The molecule has 2 aromatic carbocycles. The number of nitrogens with zero attached hydrogens (tertiary/aromatic N) is 1. The molecule has 3 aromatic rings. The maximum Gasteiger partial charge on any atom is 0.304 e. The zero-order valence-corrected chi connectivity index (χ0v) is 14.7. The number of aliphatic carboxylic acids is 1. The normalized spacial score (nSPS) is 14.0. The van der Waals surface area contributed by atoms with E-state index >= 15 is 0 Å². The molecule has 1 N–H and O–H groups in total. The third-order valence-electron chi connectivity index (χ3n) is 4.29. The maximum absolute atomic E-state index is 11.3. The molecular weight excluding hydrogens is 350 g/mol. The molecule has 1 unspecified atom stereocenters. The predicted molar refractivity (Wildman–Crippen MR) is 99.1 cm³/mol. The minimum absolute atomic E-state index is 0.0120. The summed E-state index contributed by atoms with van der Waals surface area (Å²) >= 11 is 1.48. The van der Waals surface area contributed by atoms with Gasteiger partial charge in [-0.1, -0.05) is 30.3 Å². The number of hydrogen-bond donors (Lipinski definition) is 1. The van der Waals surface area contributed by atoms with Crippen molar-refractivity contribution in [3.63, 3.8) is 0 Å². The van der Waals surface area contributed by atoms with Gasteiger partial charge < -0.3 is 14.6 Å². The Balaban J connectivity index is 1.70. The molecule has 1 aliphatic heterocycles. The van der Waals surface area contributed by atoms with Gasteiger partial charge in [-0.2, -0.15) is 0 Å². The van der Waals surface area contributed by atoms with E-state index in [1.807, 2.05) is 47.8 Å². The molecule has 0 fully saturated rings. The standard InChI is InChI=1S/C20H17NO4S/c22-19(23)12-16(20-21-6-9-26-20)15-3-1-2-13(10-15)14-4-5-17-18(11-14)25-8-7-24-17/h1-6,9-11,16H,7-8,12H2,(H,22,23). The number of carbonyl (C=O) groups is 1. The van der Waals surface area contributed by atoms with Gasteiger partial charge in [0.15, 0.2) is 11.5 Å². The number of hydrogen-bond acceptors (Lipinski definition) is 5. The third kappa shape index (κ3) is 3.41. The fourth-order valence-corrected chi connectivity index (χ4v) is 3.85. The molecule has 1 aliphatic rings. The van der Waals surface area contributed by atoms with E-state index in [1.165, 1.54) is 11.3 Å². The van der Waals surface area contributed by atoms with Crippen molar-refractivity contribution in [1.82, 2.24) is 4.98 Å². The lowest BCUT2D eigenvalue weighted by Gasteiger charge is -2.19. The largest absolute Gasteiger partial charge is 0.486 e. The molecule has 5 nitrogen and oxygen atoms in total. The zero-order chi connectivity index (χ0) is 17.9. The van der Waals surface area contributed by atoms with Crippen LogP contribution in [0.25, 0.3) is 11.1 Å². The molecule has 1 atom stereocenters. The number of carboxylic acid groups (broad SMARTS) is 1. The Morgan fingerprint density at radius 3 is 2.69 bits per heavy atom. The van der Waals surface area contributed by atoms with Crippen LogP contribution in [0.2, 0.25) is 0 Å². The molecule has 2 heterocycles. The van der Waals surface area contributed by atoms with E-state index in [1.54, 1.807) is 6.20 Å². The van der Waals surface area contributed by atoms with Crippen molar-refractivity contribution in [2.75, 3.05) is 13.2 Å². The minimum Gasteiger partial charge on any atom is -0.486 e. The first-order valence-corrected chi connectivity index (χ1v) is 9.20. The topological polar surface area (TPSA) is 68.7 Å². The first kappa shape index (κ1) is 16.6. The zero-order valence-electron chi connectivity index (χ0n) is 13.9. The monoisotopic (exact) mass is 367 g/mol. The number of carboxylic acids is 1. The molecule has 0 saturated heterocycles. The van der Waals surface area contributed by atoms with E-state index in [-0.39, 0.29) is 12.3 Å². The summed E-state index contributed by atoms with van der Waals surface area (Å²) < 4.78 is 11.2. The molecule has 4 rings (SSSR count). The molecule has 26 heavy (non-hydrogen) atoms. The predicted octanol–water partition coefficient (Wildman–Crippen LogP) is 4.19. The first-order valence-electron chi connectivity index (χ1n) is 8.32. The minimum atomic E-state index is -0.838. The lowest BCUT2D eigenvalue weighted by atomic mass is 9.93. The van der Waals surface area contributed by atoms with Crippen molar-refractivity contribution in [2.45, 2.75) is 12.3 Å². The Morgan fingerprint density at radius 2 is 1.92 bits per heavy atom. The molecule has 6 heteroatoms. The van der Waals surface area contributed by atoms with Crippen LogP contribution in [0.1, 0.15) is 22.9 Å². The Morgan fingerprint density at radius 1 is 1.12 bits per heavy atom. The van der Waals surface area contributed by atoms with Crippen LogP contribution in [0.4, 0.5) is 0 Å². The van der Waals surface area contributed by atoms with E-state index in [4.69, 9.17) is 9.47 Å². The highest BCUT2D eigenvalue weighted by atomic mass is 32.1. The van der Waals surface area contributed by atoms with E-state index in [0.29, 0.717) is 13.2 Å². The van der Waals surface area contributed by atoms with Crippen LogP contribution >= 0.6 is 11.3 Å². The second kappa shape index (κ2) is 7.17. The van der Waals surface area contributed by atoms with E-state index in [9.17, 15) is 9.90 Å². The van der Waals surface area contributed by atoms with Gasteiger partial charge in [-0.05, 0) is 28.8 Å². The van der Waals surface area contributed by atoms with Crippen molar-refractivity contribution in [1.29, 1.82) is 0 Å². The SMILES string of the molecule is O=C(O)CC(c1cccc(-c2ccc3c(c2)OCCO3)c1)c1nccs1. The Kier molecular flexibility index (Phi) is 4.58. The Bertz CT molecular complexity index is 923. The molecule has 0 aliphatic carbocycles.